The molecule has 17 heavy (non-hydrogen) atoms. The Morgan fingerprint density at radius 2 is 1.94 bits per heavy atom. The lowest BCUT2D eigenvalue weighted by atomic mass is 9.95. The van der Waals surface area contributed by atoms with E-state index in [4.69, 9.17) is 5.73 Å². The minimum absolute atomic E-state index is 0.408. The summed E-state index contributed by atoms with van der Waals surface area (Å²) in [6.45, 7) is 9.48. The highest BCUT2D eigenvalue weighted by Gasteiger charge is 2.14. The predicted octanol–water partition coefficient (Wildman–Crippen LogP) is 3.66. The number of aromatic nitrogens is 1. The Balaban J connectivity index is 2.65. The van der Waals surface area contributed by atoms with Crippen LogP contribution < -0.4 is 5.73 Å². The van der Waals surface area contributed by atoms with Gasteiger partial charge in [0.2, 0.25) is 0 Å². The predicted molar refractivity (Wildman–Crippen MR) is 74.6 cm³/mol. The van der Waals surface area contributed by atoms with Crippen LogP contribution in [0.15, 0.2) is 18.2 Å². The van der Waals surface area contributed by atoms with Gasteiger partial charge >= 0.3 is 0 Å². The first-order valence-electron chi connectivity index (χ1n) is 6.36. The van der Waals surface area contributed by atoms with Crippen LogP contribution in [-0.4, -0.2) is 11.5 Å². The number of benzene rings is 1. The average Bonchev–Trinajstić information content (AvgIpc) is 2.62. The summed E-state index contributed by atoms with van der Waals surface area (Å²) in [6.07, 6.45) is 0. The van der Waals surface area contributed by atoms with Gasteiger partial charge in [0, 0.05) is 16.6 Å². The third-order valence-electron chi connectivity index (χ3n) is 3.57. The van der Waals surface area contributed by atoms with Gasteiger partial charge in [0.05, 0.1) is 0 Å². The fourth-order valence-corrected chi connectivity index (χ4v) is 2.48. The van der Waals surface area contributed by atoms with E-state index in [0.29, 0.717) is 18.4 Å². The lowest BCUT2D eigenvalue weighted by Gasteiger charge is -2.10. The third kappa shape index (κ3) is 2.09. The van der Waals surface area contributed by atoms with Crippen molar-refractivity contribution in [3.05, 3.63) is 35.0 Å². The highest BCUT2D eigenvalue weighted by atomic mass is 14.7. The minimum atomic E-state index is 0.408. The Kier molecular flexibility index (Phi) is 3.25. The van der Waals surface area contributed by atoms with Gasteiger partial charge in [-0.2, -0.15) is 0 Å². The van der Waals surface area contributed by atoms with E-state index >= 15 is 0 Å². The summed E-state index contributed by atoms with van der Waals surface area (Å²) >= 11 is 0. The zero-order chi connectivity index (χ0) is 12.6. The SMILES string of the molecule is Cc1[nH]c2ccc(C(C)C)cc2c1C(C)CN. The van der Waals surface area contributed by atoms with E-state index in [-0.39, 0.29) is 0 Å². The maximum absolute atomic E-state index is 5.81. The Labute approximate surface area is 103 Å². The third-order valence-corrected chi connectivity index (χ3v) is 3.57. The van der Waals surface area contributed by atoms with Crippen molar-refractivity contribution in [1.29, 1.82) is 0 Å². The van der Waals surface area contributed by atoms with Crippen molar-refractivity contribution < 1.29 is 0 Å². The van der Waals surface area contributed by atoms with E-state index in [1.807, 2.05) is 0 Å². The Bertz CT molecular complexity index is 523. The molecule has 2 heteroatoms. The summed E-state index contributed by atoms with van der Waals surface area (Å²) in [5, 5.41) is 1.34. The average molecular weight is 230 g/mol. The molecule has 2 rings (SSSR count). The van der Waals surface area contributed by atoms with Gasteiger partial charge in [-0.1, -0.05) is 26.8 Å². The smallest absolute Gasteiger partial charge is 0.0459 e. The van der Waals surface area contributed by atoms with Crippen LogP contribution in [0.3, 0.4) is 0 Å². The molecule has 0 bridgehead atoms. The van der Waals surface area contributed by atoms with Crippen molar-refractivity contribution >= 4 is 10.9 Å². The maximum Gasteiger partial charge on any atom is 0.0459 e. The van der Waals surface area contributed by atoms with Crippen molar-refractivity contribution in [3.63, 3.8) is 0 Å². The van der Waals surface area contributed by atoms with E-state index in [1.165, 1.54) is 27.7 Å². The van der Waals surface area contributed by atoms with Crippen molar-refractivity contribution in [2.24, 2.45) is 5.73 Å². The van der Waals surface area contributed by atoms with Crippen molar-refractivity contribution in [2.75, 3.05) is 6.54 Å². The van der Waals surface area contributed by atoms with Crippen LogP contribution in [0.25, 0.3) is 10.9 Å². The van der Waals surface area contributed by atoms with E-state index in [0.717, 1.165) is 0 Å². The van der Waals surface area contributed by atoms with Crippen LogP contribution in [0, 0.1) is 6.92 Å². The van der Waals surface area contributed by atoms with Crippen LogP contribution in [0.5, 0.6) is 0 Å². The largest absolute Gasteiger partial charge is 0.358 e. The van der Waals surface area contributed by atoms with Crippen molar-refractivity contribution in [1.82, 2.24) is 4.98 Å². The molecule has 0 saturated carbocycles. The summed E-state index contributed by atoms with van der Waals surface area (Å²) in [5.41, 5.74) is 11.1. The molecule has 92 valence electrons. The molecule has 2 nitrogen and oxygen atoms in total. The van der Waals surface area contributed by atoms with Gasteiger partial charge in [0.1, 0.15) is 0 Å². The molecule has 1 atom stereocenters. The number of aryl methyl sites for hydroxylation is 1. The maximum atomic E-state index is 5.81. The zero-order valence-electron chi connectivity index (χ0n) is 11.2. The Morgan fingerprint density at radius 3 is 2.53 bits per heavy atom. The molecule has 0 spiro atoms. The summed E-state index contributed by atoms with van der Waals surface area (Å²) in [4.78, 5) is 3.45. The molecule has 1 aromatic carbocycles. The van der Waals surface area contributed by atoms with Gasteiger partial charge in [-0.3, -0.25) is 0 Å². The van der Waals surface area contributed by atoms with E-state index in [1.54, 1.807) is 0 Å². The quantitative estimate of drug-likeness (QED) is 0.830. The molecule has 0 saturated heterocycles. The Morgan fingerprint density at radius 1 is 1.24 bits per heavy atom. The van der Waals surface area contributed by atoms with Crippen LogP contribution in [-0.2, 0) is 0 Å². The van der Waals surface area contributed by atoms with Gasteiger partial charge in [-0.05, 0) is 48.6 Å². The molecule has 1 aromatic heterocycles. The van der Waals surface area contributed by atoms with Crippen molar-refractivity contribution in [2.45, 2.75) is 39.5 Å². The normalized spacial score (nSPS) is 13.5. The molecule has 2 aromatic rings. The second-order valence-corrected chi connectivity index (χ2v) is 5.26. The summed E-state index contributed by atoms with van der Waals surface area (Å²) in [7, 11) is 0. The summed E-state index contributed by atoms with van der Waals surface area (Å²) in [5.74, 6) is 0.974. The van der Waals surface area contributed by atoms with Gasteiger partial charge in [-0.15, -0.1) is 0 Å². The summed E-state index contributed by atoms with van der Waals surface area (Å²) < 4.78 is 0. The number of nitrogens with two attached hydrogens (primary N) is 1. The number of H-pyrrole nitrogens is 1. The number of hydrogen-bond donors (Lipinski definition) is 2. The molecular formula is C15H22N2. The number of rotatable bonds is 3. The summed E-state index contributed by atoms with van der Waals surface area (Å²) in [6, 6.07) is 6.70. The first kappa shape index (κ1) is 12.2. The number of fused-ring (bicyclic) bond motifs is 1. The lowest BCUT2D eigenvalue weighted by Crippen LogP contribution is -2.09. The minimum Gasteiger partial charge on any atom is -0.358 e. The van der Waals surface area contributed by atoms with E-state index in [2.05, 4.69) is 50.9 Å². The molecular weight excluding hydrogens is 208 g/mol. The van der Waals surface area contributed by atoms with E-state index in [9.17, 15) is 0 Å². The van der Waals surface area contributed by atoms with Gasteiger partial charge in [0.15, 0.2) is 0 Å². The molecule has 0 radical (unpaired) electrons. The number of nitrogens with one attached hydrogen (secondary N) is 1. The van der Waals surface area contributed by atoms with Crippen LogP contribution >= 0.6 is 0 Å². The molecule has 0 amide bonds. The Hall–Kier alpha value is -1.28. The second-order valence-electron chi connectivity index (χ2n) is 5.26. The molecule has 3 N–H and O–H groups in total. The lowest BCUT2D eigenvalue weighted by molar-refractivity contribution is 0.773. The first-order valence-corrected chi connectivity index (χ1v) is 6.36. The molecule has 0 aliphatic rings. The van der Waals surface area contributed by atoms with Gasteiger partial charge in [-0.25, -0.2) is 0 Å². The molecule has 0 aliphatic carbocycles. The molecule has 1 heterocycles. The van der Waals surface area contributed by atoms with Gasteiger partial charge < -0.3 is 10.7 Å². The van der Waals surface area contributed by atoms with Crippen LogP contribution in [0.1, 0.15) is 49.4 Å². The van der Waals surface area contributed by atoms with Crippen LogP contribution in [0.2, 0.25) is 0 Å². The monoisotopic (exact) mass is 230 g/mol. The molecule has 1 unspecified atom stereocenters. The second kappa shape index (κ2) is 4.53. The molecule has 0 fully saturated rings. The fourth-order valence-electron chi connectivity index (χ4n) is 2.48. The molecule has 0 aliphatic heterocycles. The van der Waals surface area contributed by atoms with Crippen molar-refractivity contribution in [3.8, 4) is 0 Å². The van der Waals surface area contributed by atoms with Gasteiger partial charge in [0.25, 0.3) is 0 Å². The van der Waals surface area contributed by atoms with E-state index < -0.39 is 0 Å². The highest BCUT2D eigenvalue weighted by Crippen LogP contribution is 2.30. The number of hydrogen-bond acceptors (Lipinski definition) is 1. The highest BCUT2D eigenvalue weighted by molar-refractivity contribution is 5.86. The standard InChI is InChI=1S/C15H22N2/c1-9(2)12-5-6-14-13(7-12)15(10(3)8-16)11(4)17-14/h5-7,9-10,17H,8,16H2,1-4H3. The number of aromatic amines is 1. The fraction of sp³-hybridized carbons (Fsp3) is 0.467. The first-order chi connectivity index (χ1) is 8.04. The van der Waals surface area contributed by atoms with Crippen LogP contribution in [0.4, 0.5) is 0 Å². The zero-order valence-corrected chi connectivity index (χ0v) is 11.2. The topological polar surface area (TPSA) is 41.8 Å².